The van der Waals surface area contributed by atoms with E-state index in [2.05, 4.69) is 202 Å². The van der Waals surface area contributed by atoms with Gasteiger partial charge in [0.25, 0.3) is 0 Å². The lowest BCUT2D eigenvalue weighted by atomic mass is 9.92. The van der Waals surface area contributed by atoms with Crippen LogP contribution in [0.15, 0.2) is 176 Å². The van der Waals surface area contributed by atoms with Crippen LogP contribution in [-0.2, 0) is 6.42 Å². The van der Waals surface area contributed by atoms with Crippen LogP contribution >= 0.6 is 133 Å². The van der Waals surface area contributed by atoms with Gasteiger partial charge in [0.2, 0.25) is 0 Å². The molecule has 1 atom stereocenters. The predicted molar refractivity (Wildman–Crippen MR) is 406 cm³/mol. The Labute approximate surface area is 564 Å². The van der Waals surface area contributed by atoms with E-state index in [0.29, 0.717) is 5.92 Å². The number of unbranched alkanes of at least 4 members (excludes halogenated alkanes) is 1. The van der Waals surface area contributed by atoms with Gasteiger partial charge in [-0.1, -0.05) is 75.9 Å². The molecule has 89 heavy (non-hydrogen) atoms. The van der Waals surface area contributed by atoms with Gasteiger partial charge in [0.1, 0.15) is 0 Å². The van der Waals surface area contributed by atoms with Crippen molar-refractivity contribution in [2.24, 2.45) is 5.92 Å². The lowest BCUT2D eigenvalue weighted by Gasteiger charge is -2.26. The lowest BCUT2D eigenvalue weighted by Crippen LogP contribution is -2.10. The zero-order valence-corrected chi connectivity index (χ0v) is 60.2. The maximum absolute atomic E-state index is 9.32. The molecule has 15 heteroatoms. The summed E-state index contributed by atoms with van der Waals surface area (Å²) < 4.78 is 5.18. The molecule has 0 N–H and O–H groups in total. The SMILES string of the molecule is CCCCC(CC)Cc1ccc(N(c2ccc(-c3ccc(-c4cc5c(s4)-c4sc(-c6cc7sc(/C=C(/C)C#N)cc7s6)cc4S5(C)C)s3)cc2)c2ccc(-c3ccc(-c4cc5c(s4)-c4sc(-c6cc7sc(/C=C(/C)C#N)cc7s6)cc4S5(C)C)s3)cc2)cc1. The van der Waals surface area contributed by atoms with Crippen molar-refractivity contribution in [1.82, 2.24) is 0 Å². The molecule has 2 aliphatic heterocycles. The van der Waals surface area contributed by atoms with Crippen molar-refractivity contribution in [3.05, 3.63) is 172 Å². The monoisotopic (exact) mass is 1380 g/mol. The molecule has 0 spiro atoms. The van der Waals surface area contributed by atoms with Crippen molar-refractivity contribution in [2.75, 3.05) is 29.9 Å². The molecule has 1 unspecified atom stereocenters. The molecule has 2 aliphatic rings. The summed E-state index contributed by atoms with van der Waals surface area (Å²) in [5.74, 6) is 0.712. The van der Waals surface area contributed by atoms with Gasteiger partial charge in [0.05, 0.1) is 31.6 Å². The highest BCUT2D eigenvalue weighted by Crippen LogP contribution is 2.74. The lowest BCUT2D eigenvalue weighted by molar-refractivity contribution is 0.449. The average molecular weight is 1380 g/mol. The summed E-state index contributed by atoms with van der Waals surface area (Å²) in [6.45, 7) is 8.39. The highest BCUT2D eigenvalue weighted by atomic mass is 32.3. The van der Waals surface area contributed by atoms with Crippen molar-refractivity contribution in [2.45, 2.75) is 79.4 Å². The Bertz CT molecular complexity index is 4670. The molecule has 15 rings (SSSR count). The van der Waals surface area contributed by atoms with Gasteiger partial charge in [-0.15, -0.1) is 113 Å². The van der Waals surface area contributed by atoms with Crippen LogP contribution in [0.2, 0.25) is 0 Å². The van der Waals surface area contributed by atoms with E-state index in [0.717, 1.165) is 44.4 Å². The highest BCUT2D eigenvalue weighted by molar-refractivity contribution is 8.33. The predicted octanol–water partition coefficient (Wildman–Crippen LogP) is 27.6. The molecule has 0 saturated carbocycles. The van der Waals surface area contributed by atoms with E-state index in [9.17, 15) is 10.5 Å². The molecule has 10 aromatic heterocycles. The minimum Gasteiger partial charge on any atom is -0.311 e. The summed E-state index contributed by atoms with van der Waals surface area (Å²) in [4.78, 5) is 30.0. The molecule has 444 valence electrons. The quantitative estimate of drug-likeness (QED) is 0.0854. The largest absolute Gasteiger partial charge is 0.311 e. The first-order valence-corrected chi connectivity index (χ1v) is 42.8. The maximum Gasteiger partial charge on any atom is 0.0944 e. The third kappa shape index (κ3) is 10.9. The number of nitriles is 2. The first-order chi connectivity index (χ1) is 43.1. The standard InChI is InChI=1S/C74H61N3S12/c1-9-11-12-44(10-2)31-45-13-19-48(20-14-45)77(49-21-15-46(16-22-49)53-25-27-55(80-53)63-36-67-71(84-63)73-69(88(67,5)6)38-65(86-73)61-34-59-57(82-61)32-51(78-59)29-42(3)40-75)50-23-17-47(18-24-50)54-26-28-56(81-54)64-37-68-72(85-64)74-70(89(68,7)8)39-66(87-74)62-35-60-58(83-62)33-52(79-60)30-43(4)41-76/h13-30,32-39,44H,9-12,31H2,1-8H3/b42-29-,43-30-. The van der Waals surface area contributed by atoms with Gasteiger partial charge >= 0.3 is 0 Å². The second kappa shape index (κ2) is 23.7. The maximum atomic E-state index is 9.32. The summed E-state index contributed by atoms with van der Waals surface area (Å²) in [5.41, 5.74) is 8.80. The topological polar surface area (TPSA) is 50.8 Å². The Morgan fingerprint density at radius 3 is 1.16 bits per heavy atom. The molecule has 3 nitrogen and oxygen atoms in total. The van der Waals surface area contributed by atoms with Gasteiger partial charge in [-0.25, -0.2) is 0 Å². The second-order valence-electron chi connectivity index (χ2n) is 23.8. The van der Waals surface area contributed by atoms with E-state index in [4.69, 9.17) is 0 Å². The molecule has 0 saturated heterocycles. The van der Waals surface area contributed by atoms with E-state index >= 15 is 0 Å². The van der Waals surface area contributed by atoms with E-state index in [1.54, 1.807) is 22.7 Å². The Morgan fingerprint density at radius 2 is 0.787 bits per heavy atom. The minimum atomic E-state index is -1.16. The number of benzene rings is 3. The van der Waals surface area contributed by atoms with Crippen LogP contribution in [0.5, 0.6) is 0 Å². The number of hydrogen-bond donors (Lipinski definition) is 0. The summed E-state index contributed by atoms with van der Waals surface area (Å²) in [7, 11) is -2.31. The van der Waals surface area contributed by atoms with Crippen LogP contribution in [0.1, 0.15) is 68.7 Å². The number of hydrogen-bond acceptors (Lipinski definition) is 13. The molecule has 0 amide bonds. The third-order valence-corrected chi connectivity index (χ3v) is 35.8. The zero-order valence-electron chi connectivity index (χ0n) is 50.4. The van der Waals surface area contributed by atoms with Crippen molar-refractivity contribution >= 4 is 181 Å². The van der Waals surface area contributed by atoms with Gasteiger partial charge in [0, 0.05) is 125 Å². The van der Waals surface area contributed by atoms with Gasteiger partial charge in [-0.3, -0.25) is 0 Å². The van der Waals surface area contributed by atoms with Gasteiger partial charge in [-0.05, 0) is 189 Å². The molecule has 0 radical (unpaired) electrons. The van der Waals surface area contributed by atoms with Crippen molar-refractivity contribution in [3.8, 4) is 91.5 Å². The molecule has 0 aliphatic carbocycles. The summed E-state index contributed by atoms with van der Waals surface area (Å²) in [6, 6.07) is 60.9. The van der Waals surface area contributed by atoms with Crippen molar-refractivity contribution in [1.29, 1.82) is 10.5 Å². The smallest absolute Gasteiger partial charge is 0.0944 e. The van der Waals surface area contributed by atoms with Crippen LogP contribution in [0.4, 0.5) is 17.1 Å². The normalized spacial score (nSPS) is 15.0. The summed E-state index contributed by atoms with van der Waals surface area (Å²) in [5, 5.41) is 18.6. The first-order valence-electron chi connectivity index (χ1n) is 29.7. The zero-order chi connectivity index (χ0) is 61.0. The highest BCUT2D eigenvalue weighted by Gasteiger charge is 2.39. The van der Waals surface area contributed by atoms with Gasteiger partial charge in [0.15, 0.2) is 0 Å². The molecule has 12 heterocycles. The number of nitrogens with zero attached hydrogens (tertiary/aromatic N) is 3. The first kappa shape index (κ1) is 59.4. The average Bonchev–Trinajstić information content (AvgIpc) is 1.69. The molecule has 13 aromatic rings. The van der Waals surface area contributed by atoms with E-state index in [1.165, 1.54) is 149 Å². The third-order valence-electron chi connectivity index (χ3n) is 17.2. The Morgan fingerprint density at radius 1 is 0.427 bits per heavy atom. The summed E-state index contributed by atoms with van der Waals surface area (Å²) in [6.07, 6.45) is 20.1. The van der Waals surface area contributed by atoms with Gasteiger partial charge < -0.3 is 4.90 Å². The van der Waals surface area contributed by atoms with Crippen LogP contribution in [0, 0.1) is 28.6 Å². The second-order valence-corrected chi connectivity index (χ2v) is 41.6. The van der Waals surface area contributed by atoms with Crippen molar-refractivity contribution in [3.63, 3.8) is 0 Å². The Kier molecular flexibility index (Phi) is 15.8. The fraction of sp³-hybridized carbons (Fsp3) is 0.189. The number of thiophene rings is 10. The van der Waals surface area contributed by atoms with Crippen LogP contribution in [0.25, 0.3) is 110 Å². The van der Waals surface area contributed by atoms with Crippen LogP contribution < -0.4 is 4.90 Å². The van der Waals surface area contributed by atoms with Crippen LogP contribution in [-0.4, -0.2) is 25.0 Å². The number of anilines is 3. The number of rotatable bonds is 17. The number of fused-ring (bicyclic) bond motifs is 8. The van der Waals surface area contributed by atoms with E-state index in [1.807, 2.05) is 117 Å². The molecular weight excluding hydrogens is 1320 g/mol. The van der Waals surface area contributed by atoms with Gasteiger partial charge in [-0.2, -0.15) is 30.6 Å². The number of allylic oxidation sites excluding steroid dienone is 2. The fourth-order valence-electron chi connectivity index (χ4n) is 12.3. The fourth-order valence-corrected chi connectivity index (χ4v) is 31.9. The summed E-state index contributed by atoms with van der Waals surface area (Å²) >= 11 is 19.0. The van der Waals surface area contributed by atoms with E-state index < -0.39 is 20.1 Å². The van der Waals surface area contributed by atoms with Crippen LogP contribution in [0.3, 0.4) is 0 Å². The molecule has 3 aromatic carbocycles. The Balaban J connectivity index is 0.679. The molecular formula is C74H61N3S12. The minimum absolute atomic E-state index is 0.712. The molecule has 0 bridgehead atoms. The molecule has 0 fully saturated rings. The van der Waals surface area contributed by atoms with E-state index in [-0.39, 0.29) is 0 Å². The Hall–Kier alpha value is -5.86. The van der Waals surface area contributed by atoms with Crippen molar-refractivity contribution < 1.29 is 0 Å².